The zero-order valence-electron chi connectivity index (χ0n) is 10.5. The Hall–Kier alpha value is -1.36. The normalized spacial score (nSPS) is 19.3. The molecule has 5 nitrogen and oxygen atoms in total. The Morgan fingerprint density at radius 1 is 1.53 bits per heavy atom. The van der Waals surface area contributed by atoms with Crippen molar-refractivity contribution in [2.24, 2.45) is 0 Å². The largest absolute Gasteiger partial charge is 0.478 e. The first-order valence-electron chi connectivity index (χ1n) is 6.28. The summed E-state index contributed by atoms with van der Waals surface area (Å²) in [6, 6.07) is 2.30. The van der Waals surface area contributed by atoms with Crippen molar-refractivity contribution < 1.29 is 4.74 Å². The summed E-state index contributed by atoms with van der Waals surface area (Å²) in [4.78, 5) is 11.0. The molecule has 1 N–H and O–H groups in total. The first-order chi connectivity index (χ1) is 8.35. The van der Waals surface area contributed by atoms with Gasteiger partial charge in [0.1, 0.15) is 0 Å². The fourth-order valence-electron chi connectivity index (χ4n) is 2.17. The van der Waals surface area contributed by atoms with Gasteiger partial charge in [-0.25, -0.2) is 4.98 Å². The Bertz CT molecular complexity index is 352. The molecule has 1 saturated heterocycles. The molecule has 1 atom stereocenters. The number of hydrogen-bond donors (Lipinski definition) is 1. The van der Waals surface area contributed by atoms with Crippen molar-refractivity contribution in [2.75, 3.05) is 31.1 Å². The molecule has 0 spiro atoms. The van der Waals surface area contributed by atoms with Gasteiger partial charge in [-0.15, -0.1) is 0 Å². The summed E-state index contributed by atoms with van der Waals surface area (Å²) in [5.74, 6) is 1.43. The molecule has 1 fully saturated rings. The lowest BCUT2D eigenvalue weighted by molar-refractivity contribution is 0.326. The van der Waals surface area contributed by atoms with E-state index >= 15 is 0 Å². The quantitative estimate of drug-likeness (QED) is 0.828. The SMILES string of the molecule is CCOc1ccnc(N(CC)C2CCNC2)n1. The molecule has 2 heterocycles. The van der Waals surface area contributed by atoms with E-state index in [0.717, 1.165) is 32.0 Å². The van der Waals surface area contributed by atoms with Crippen LogP contribution in [0, 0.1) is 0 Å². The highest BCUT2D eigenvalue weighted by atomic mass is 16.5. The number of rotatable bonds is 5. The Morgan fingerprint density at radius 2 is 2.41 bits per heavy atom. The van der Waals surface area contributed by atoms with Gasteiger partial charge in [-0.2, -0.15) is 4.98 Å². The summed E-state index contributed by atoms with van der Waals surface area (Å²) in [5, 5.41) is 3.37. The maximum absolute atomic E-state index is 5.41. The van der Waals surface area contributed by atoms with E-state index in [0.29, 0.717) is 18.5 Å². The van der Waals surface area contributed by atoms with Gasteiger partial charge >= 0.3 is 0 Å². The highest BCUT2D eigenvalue weighted by Gasteiger charge is 2.23. The summed E-state index contributed by atoms with van der Waals surface area (Å²) in [7, 11) is 0. The van der Waals surface area contributed by atoms with Gasteiger partial charge in [-0.05, 0) is 26.8 Å². The third-order valence-corrected chi connectivity index (χ3v) is 2.98. The van der Waals surface area contributed by atoms with Crippen LogP contribution in [-0.4, -0.2) is 42.3 Å². The molecule has 5 heteroatoms. The van der Waals surface area contributed by atoms with Crippen LogP contribution < -0.4 is 15.0 Å². The minimum absolute atomic E-state index is 0.497. The number of ether oxygens (including phenoxy) is 1. The van der Waals surface area contributed by atoms with Crippen LogP contribution in [0.1, 0.15) is 20.3 Å². The van der Waals surface area contributed by atoms with E-state index in [4.69, 9.17) is 4.74 Å². The van der Waals surface area contributed by atoms with Crippen molar-refractivity contribution in [1.29, 1.82) is 0 Å². The molecule has 1 unspecified atom stereocenters. The van der Waals surface area contributed by atoms with E-state index in [-0.39, 0.29) is 0 Å². The third kappa shape index (κ3) is 2.85. The molecule has 0 saturated carbocycles. The van der Waals surface area contributed by atoms with Crippen LogP contribution >= 0.6 is 0 Å². The standard InChI is InChI=1S/C12H20N4O/c1-3-16(10-5-7-13-9-10)12-14-8-6-11(15-12)17-4-2/h6,8,10,13H,3-5,7,9H2,1-2H3. The average Bonchev–Trinajstić information content (AvgIpc) is 2.85. The Morgan fingerprint density at radius 3 is 3.06 bits per heavy atom. The summed E-state index contributed by atoms with van der Waals surface area (Å²) < 4.78 is 5.41. The Balaban J connectivity index is 2.14. The zero-order valence-corrected chi connectivity index (χ0v) is 10.5. The number of anilines is 1. The fraction of sp³-hybridized carbons (Fsp3) is 0.667. The fourth-order valence-corrected chi connectivity index (χ4v) is 2.17. The molecule has 0 aliphatic carbocycles. The van der Waals surface area contributed by atoms with Crippen molar-refractivity contribution >= 4 is 5.95 Å². The van der Waals surface area contributed by atoms with Gasteiger partial charge < -0.3 is 15.0 Å². The number of likely N-dealkylation sites (N-methyl/N-ethyl adjacent to an activating group) is 1. The lowest BCUT2D eigenvalue weighted by atomic mass is 10.2. The molecular weight excluding hydrogens is 216 g/mol. The van der Waals surface area contributed by atoms with Gasteiger partial charge in [0, 0.05) is 31.4 Å². The van der Waals surface area contributed by atoms with Gasteiger partial charge in [0.25, 0.3) is 0 Å². The number of hydrogen-bond acceptors (Lipinski definition) is 5. The highest BCUT2D eigenvalue weighted by Crippen LogP contribution is 2.17. The molecule has 0 amide bonds. The van der Waals surface area contributed by atoms with Crippen molar-refractivity contribution in [1.82, 2.24) is 15.3 Å². The van der Waals surface area contributed by atoms with Crippen LogP contribution in [0.25, 0.3) is 0 Å². The van der Waals surface area contributed by atoms with E-state index in [1.54, 1.807) is 12.3 Å². The second kappa shape index (κ2) is 5.82. The summed E-state index contributed by atoms with van der Waals surface area (Å²) in [6.07, 6.45) is 2.91. The summed E-state index contributed by atoms with van der Waals surface area (Å²) >= 11 is 0. The zero-order chi connectivity index (χ0) is 12.1. The smallest absolute Gasteiger partial charge is 0.228 e. The number of nitrogens with zero attached hydrogens (tertiary/aromatic N) is 3. The maximum Gasteiger partial charge on any atom is 0.228 e. The molecular formula is C12H20N4O. The van der Waals surface area contributed by atoms with Crippen molar-refractivity contribution in [3.8, 4) is 5.88 Å². The first-order valence-corrected chi connectivity index (χ1v) is 6.28. The van der Waals surface area contributed by atoms with Crippen LogP contribution in [0.15, 0.2) is 12.3 Å². The van der Waals surface area contributed by atoms with Crippen LogP contribution in [-0.2, 0) is 0 Å². The third-order valence-electron chi connectivity index (χ3n) is 2.98. The predicted molar refractivity (Wildman–Crippen MR) is 67.5 cm³/mol. The predicted octanol–water partition coefficient (Wildman–Crippen LogP) is 1.06. The first kappa shape index (κ1) is 12.1. The molecule has 1 aromatic rings. The van der Waals surface area contributed by atoms with E-state index in [2.05, 4.69) is 27.1 Å². The number of aromatic nitrogens is 2. The maximum atomic E-state index is 5.41. The minimum Gasteiger partial charge on any atom is -0.478 e. The minimum atomic E-state index is 0.497. The highest BCUT2D eigenvalue weighted by molar-refractivity contribution is 5.34. The van der Waals surface area contributed by atoms with Crippen molar-refractivity contribution in [3.63, 3.8) is 0 Å². The van der Waals surface area contributed by atoms with E-state index in [1.165, 1.54) is 0 Å². The molecule has 94 valence electrons. The molecule has 1 aliphatic rings. The van der Waals surface area contributed by atoms with Crippen LogP contribution in [0.3, 0.4) is 0 Å². The van der Waals surface area contributed by atoms with Gasteiger partial charge in [-0.3, -0.25) is 0 Å². The Kier molecular flexibility index (Phi) is 4.14. The summed E-state index contributed by atoms with van der Waals surface area (Å²) in [6.45, 7) is 7.73. The second-order valence-electron chi connectivity index (χ2n) is 4.06. The van der Waals surface area contributed by atoms with Gasteiger partial charge in [0.15, 0.2) is 0 Å². The van der Waals surface area contributed by atoms with Crippen LogP contribution in [0.5, 0.6) is 5.88 Å². The molecule has 0 bridgehead atoms. The van der Waals surface area contributed by atoms with Gasteiger partial charge in [-0.1, -0.05) is 0 Å². The molecule has 1 aromatic heterocycles. The molecule has 17 heavy (non-hydrogen) atoms. The number of nitrogens with one attached hydrogen (secondary N) is 1. The van der Waals surface area contributed by atoms with Gasteiger partial charge in [0.05, 0.1) is 6.61 Å². The van der Waals surface area contributed by atoms with Gasteiger partial charge in [0.2, 0.25) is 11.8 Å². The average molecular weight is 236 g/mol. The van der Waals surface area contributed by atoms with Crippen LogP contribution in [0.4, 0.5) is 5.95 Å². The lowest BCUT2D eigenvalue weighted by Gasteiger charge is -2.27. The second-order valence-corrected chi connectivity index (χ2v) is 4.06. The van der Waals surface area contributed by atoms with E-state index < -0.39 is 0 Å². The molecule has 2 rings (SSSR count). The Labute approximate surface area is 102 Å². The monoisotopic (exact) mass is 236 g/mol. The molecule has 0 radical (unpaired) electrons. The van der Waals surface area contributed by atoms with Crippen molar-refractivity contribution in [3.05, 3.63) is 12.3 Å². The van der Waals surface area contributed by atoms with E-state index in [1.807, 2.05) is 6.92 Å². The summed E-state index contributed by atoms with van der Waals surface area (Å²) in [5.41, 5.74) is 0. The molecule has 1 aliphatic heterocycles. The lowest BCUT2D eigenvalue weighted by Crippen LogP contribution is -2.37. The van der Waals surface area contributed by atoms with Crippen LogP contribution in [0.2, 0.25) is 0 Å². The van der Waals surface area contributed by atoms with Crippen molar-refractivity contribution in [2.45, 2.75) is 26.3 Å². The molecule has 0 aromatic carbocycles. The van der Waals surface area contributed by atoms with E-state index in [9.17, 15) is 0 Å². The topological polar surface area (TPSA) is 50.3 Å².